The Labute approximate surface area is 203 Å². The number of nitrogens with zero attached hydrogens (tertiary/aromatic N) is 5. The zero-order valence-corrected chi connectivity index (χ0v) is 20.3. The van der Waals surface area contributed by atoms with Gasteiger partial charge in [0, 0.05) is 38.1 Å². The quantitative estimate of drug-likeness (QED) is 0.291. The van der Waals surface area contributed by atoms with Crippen LogP contribution in [0.1, 0.15) is 25.3 Å². The van der Waals surface area contributed by atoms with Gasteiger partial charge in [0.2, 0.25) is 5.95 Å². The van der Waals surface area contributed by atoms with Crippen LogP contribution in [0.15, 0.2) is 59.0 Å². The first kappa shape index (κ1) is 23.2. The van der Waals surface area contributed by atoms with Crippen LogP contribution < -0.4 is 20.3 Å². The monoisotopic (exact) mass is 481 g/mol. The summed E-state index contributed by atoms with van der Waals surface area (Å²) in [5.74, 6) is 2.79. The fraction of sp³-hybridized carbons (Fsp3) is 0.348. The Morgan fingerprint density at radius 1 is 1.21 bits per heavy atom. The molecule has 172 valence electrons. The lowest BCUT2D eigenvalue weighted by Gasteiger charge is -2.32. The molecule has 1 saturated heterocycles. The molecule has 3 heterocycles. The molecule has 0 bridgehead atoms. The molecule has 1 aromatic carbocycles. The lowest BCUT2D eigenvalue weighted by atomic mass is 10.0. The summed E-state index contributed by atoms with van der Waals surface area (Å²) in [5, 5.41) is 8.23. The van der Waals surface area contributed by atoms with Crippen molar-refractivity contribution >= 4 is 40.9 Å². The van der Waals surface area contributed by atoms with Crippen molar-refractivity contribution in [2.75, 3.05) is 30.4 Å². The number of thiocarbonyl (C=S) groups is 1. The summed E-state index contributed by atoms with van der Waals surface area (Å²) in [4.78, 5) is 20.3. The van der Waals surface area contributed by atoms with E-state index < -0.39 is 0 Å². The van der Waals surface area contributed by atoms with Gasteiger partial charge >= 0.3 is 0 Å². The Bertz CT molecular complexity index is 1070. The topological polar surface area (TPSA) is 88.1 Å². The predicted octanol–water partition coefficient (Wildman–Crippen LogP) is 4.15. The van der Waals surface area contributed by atoms with Gasteiger partial charge in [-0.1, -0.05) is 19.1 Å². The molecule has 0 saturated carbocycles. The Morgan fingerprint density at radius 3 is 2.73 bits per heavy atom. The first-order valence-corrected chi connectivity index (χ1v) is 12.1. The highest BCUT2D eigenvalue weighted by molar-refractivity contribution is 7.99. The third kappa shape index (κ3) is 6.75. The molecule has 1 aliphatic heterocycles. The number of hydrogen-bond acceptors (Lipinski definition) is 8. The van der Waals surface area contributed by atoms with Gasteiger partial charge in [0.25, 0.3) is 0 Å². The second-order valence-corrected chi connectivity index (χ2v) is 9.27. The summed E-state index contributed by atoms with van der Waals surface area (Å²) in [6, 6.07) is 11.6. The molecule has 2 N–H and O–H groups in total. The maximum atomic E-state index is 5.50. The summed E-state index contributed by atoms with van der Waals surface area (Å²) in [6.45, 7) is 4.81. The fourth-order valence-electron chi connectivity index (χ4n) is 3.58. The Kier molecular flexibility index (Phi) is 7.90. The lowest BCUT2D eigenvalue weighted by Crippen LogP contribution is -2.35. The highest BCUT2D eigenvalue weighted by Crippen LogP contribution is 2.29. The number of benzene rings is 1. The van der Waals surface area contributed by atoms with Crippen LogP contribution in [0.3, 0.4) is 0 Å². The minimum absolute atomic E-state index is 0.455. The average Bonchev–Trinajstić information content (AvgIpc) is 2.83. The van der Waals surface area contributed by atoms with Gasteiger partial charge in [-0.2, -0.15) is 4.98 Å². The number of hydrogen-bond donors (Lipinski definition) is 2. The molecule has 0 amide bonds. The van der Waals surface area contributed by atoms with Gasteiger partial charge in [-0.25, -0.2) is 15.0 Å². The van der Waals surface area contributed by atoms with Crippen molar-refractivity contribution in [3.8, 4) is 5.75 Å². The van der Waals surface area contributed by atoms with Crippen LogP contribution in [0.2, 0.25) is 0 Å². The number of methoxy groups -OCH3 is 1. The van der Waals surface area contributed by atoms with E-state index in [0.717, 1.165) is 41.7 Å². The van der Waals surface area contributed by atoms with Crippen molar-refractivity contribution in [1.29, 1.82) is 0 Å². The zero-order valence-electron chi connectivity index (χ0n) is 18.7. The molecule has 0 spiro atoms. The molecule has 33 heavy (non-hydrogen) atoms. The standard InChI is InChI=1S/C23H27N7OS2/c1-16-5-3-12-30(15-16)19-13-20(33-23-24-10-4-11-25-23)28-21(27-19)29-22(32)26-14-17-6-8-18(31-2)9-7-17/h4,6-11,13,16H,3,5,12,14-15H2,1-2H3,(H2,26,27,28,29,32)/t16-/m0/s1. The van der Waals surface area contributed by atoms with Crippen molar-refractivity contribution in [1.82, 2.24) is 25.3 Å². The van der Waals surface area contributed by atoms with Crippen LogP contribution in [-0.4, -0.2) is 45.2 Å². The SMILES string of the molecule is COc1ccc(CNC(=S)Nc2nc(Sc3ncccn3)cc(N3CCC[C@H](C)C3)n2)cc1. The van der Waals surface area contributed by atoms with Crippen molar-refractivity contribution in [3.63, 3.8) is 0 Å². The summed E-state index contributed by atoms with van der Waals surface area (Å²) >= 11 is 6.91. The summed E-state index contributed by atoms with van der Waals surface area (Å²) in [6.07, 6.45) is 5.84. The minimum atomic E-state index is 0.455. The first-order valence-electron chi connectivity index (χ1n) is 10.9. The Hall–Kier alpha value is -2.98. The molecule has 1 fully saturated rings. The van der Waals surface area contributed by atoms with E-state index >= 15 is 0 Å². The predicted molar refractivity (Wildman–Crippen MR) is 135 cm³/mol. The van der Waals surface area contributed by atoms with Crippen LogP contribution in [0.5, 0.6) is 5.75 Å². The number of anilines is 2. The van der Waals surface area contributed by atoms with Crippen LogP contribution in [-0.2, 0) is 6.54 Å². The third-order valence-corrected chi connectivity index (χ3v) is 6.30. The van der Waals surface area contributed by atoms with E-state index in [9.17, 15) is 0 Å². The number of nitrogens with one attached hydrogen (secondary N) is 2. The molecule has 3 aromatic rings. The highest BCUT2D eigenvalue weighted by atomic mass is 32.2. The molecule has 2 aromatic heterocycles. The molecule has 8 nitrogen and oxygen atoms in total. The largest absolute Gasteiger partial charge is 0.497 e. The summed E-state index contributed by atoms with van der Waals surface area (Å²) < 4.78 is 5.21. The molecule has 0 radical (unpaired) electrons. The van der Waals surface area contributed by atoms with Gasteiger partial charge in [-0.05, 0) is 66.5 Å². The molecule has 1 atom stereocenters. The van der Waals surface area contributed by atoms with E-state index in [2.05, 4.69) is 37.4 Å². The summed E-state index contributed by atoms with van der Waals surface area (Å²) in [7, 11) is 1.65. The number of aromatic nitrogens is 4. The van der Waals surface area contributed by atoms with Gasteiger partial charge < -0.3 is 20.3 Å². The molecule has 4 rings (SSSR count). The van der Waals surface area contributed by atoms with Crippen LogP contribution in [0.25, 0.3) is 0 Å². The summed E-state index contributed by atoms with van der Waals surface area (Å²) in [5.41, 5.74) is 1.09. The average molecular weight is 482 g/mol. The molecule has 0 aliphatic carbocycles. The Balaban J connectivity index is 1.48. The van der Waals surface area contributed by atoms with Crippen molar-refractivity contribution in [2.45, 2.75) is 36.5 Å². The number of rotatable bonds is 7. The first-order chi connectivity index (χ1) is 16.1. The second-order valence-electron chi connectivity index (χ2n) is 7.87. The van der Waals surface area contributed by atoms with Crippen molar-refractivity contribution in [3.05, 3.63) is 54.4 Å². The van der Waals surface area contributed by atoms with Gasteiger partial charge in [0.05, 0.1) is 7.11 Å². The molecular weight excluding hydrogens is 454 g/mol. The smallest absolute Gasteiger partial charge is 0.232 e. The maximum Gasteiger partial charge on any atom is 0.232 e. The number of piperidine rings is 1. The highest BCUT2D eigenvalue weighted by Gasteiger charge is 2.20. The fourth-order valence-corrected chi connectivity index (χ4v) is 4.46. The zero-order chi connectivity index (χ0) is 23.0. The maximum absolute atomic E-state index is 5.50. The molecule has 0 unspecified atom stereocenters. The van der Waals surface area contributed by atoms with Crippen molar-refractivity contribution < 1.29 is 4.74 Å². The normalized spacial score (nSPS) is 15.7. The van der Waals surface area contributed by atoms with Gasteiger partial charge in [-0.3, -0.25) is 0 Å². The van der Waals surface area contributed by atoms with E-state index in [0.29, 0.717) is 28.7 Å². The lowest BCUT2D eigenvalue weighted by molar-refractivity contribution is 0.414. The van der Waals surface area contributed by atoms with Gasteiger partial charge in [-0.15, -0.1) is 0 Å². The minimum Gasteiger partial charge on any atom is -0.497 e. The molecular formula is C23H27N7OS2. The Morgan fingerprint density at radius 2 is 2.00 bits per heavy atom. The van der Waals surface area contributed by atoms with E-state index in [-0.39, 0.29) is 0 Å². The van der Waals surface area contributed by atoms with Gasteiger partial charge in [0.15, 0.2) is 10.3 Å². The molecule has 1 aliphatic rings. The third-order valence-electron chi connectivity index (χ3n) is 5.25. The van der Waals surface area contributed by atoms with E-state index in [1.165, 1.54) is 18.2 Å². The van der Waals surface area contributed by atoms with Crippen LogP contribution >= 0.6 is 24.0 Å². The van der Waals surface area contributed by atoms with Crippen molar-refractivity contribution in [2.24, 2.45) is 5.92 Å². The van der Waals surface area contributed by atoms with Crippen LogP contribution in [0, 0.1) is 5.92 Å². The van der Waals surface area contributed by atoms with Gasteiger partial charge in [0.1, 0.15) is 16.6 Å². The van der Waals surface area contributed by atoms with E-state index in [4.69, 9.17) is 21.9 Å². The second kappa shape index (κ2) is 11.2. The van der Waals surface area contributed by atoms with E-state index in [1.54, 1.807) is 25.6 Å². The van der Waals surface area contributed by atoms with E-state index in [1.807, 2.05) is 30.3 Å². The number of ether oxygens (including phenoxy) is 1. The molecule has 10 heteroatoms. The van der Waals surface area contributed by atoms with Crippen LogP contribution in [0.4, 0.5) is 11.8 Å².